The second-order valence-electron chi connectivity index (χ2n) is 3.81. The number of nitro groups is 1. The van der Waals surface area contributed by atoms with Gasteiger partial charge in [-0.05, 0) is 6.07 Å². The lowest BCUT2D eigenvalue weighted by Gasteiger charge is -1.97. The Bertz CT molecular complexity index is 765. The number of halogens is 3. The zero-order chi connectivity index (χ0) is 15.8. The molecule has 21 heavy (non-hydrogen) atoms. The fourth-order valence-corrected chi connectivity index (χ4v) is 1.52. The molecular formula is C10H5F3N4O4. The van der Waals surface area contributed by atoms with Gasteiger partial charge < -0.3 is 10.1 Å². The third-order valence-electron chi connectivity index (χ3n) is 2.43. The molecule has 0 aliphatic heterocycles. The molecule has 11 heteroatoms. The van der Waals surface area contributed by atoms with Crippen LogP contribution in [0, 0.1) is 10.1 Å². The molecule has 8 nitrogen and oxygen atoms in total. The zero-order valence-electron chi connectivity index (χ0n) is 9.88. The number of nitro benzene ring substituents is 1. The summed E-state index contributed by atoms with van der Waals surface area (Å²) < 4.78 is 36.0. The van der Waals surface area contributed by atoms with E-state index in [0.29, 0.717) is 0 Å². The van der Waals surface area contributed by atoms with E-state index in [1.54, 1.807) is 0 Å². The number of carbonyl (C=O) groups is 1. The van der Waals surface area contributed by atoms with Crippen LogP contribution < -0.4 is 0 Å². The Morgan fingerprint density at radius 2 is 2.05 bits per heavy atom. The number of amides is 1. The molecule has 0 spiro atoms. The van der Waals surface area contributed by atoms with E-state index in [2.05, 4.69) is 15.2 Å². The van der Waals surface area contributed by atoms with Crippen LogP contribution >= 0.6 is 0 Å². The second-order valence-corrected chi connectivity index (χ2v) is 3.81. The fourth-order valence-electron chi connectivity index (χ4n) is 1.52. The molecule has 2 N–H and O–H groups in total. The van der Waals surface area contributed by atoms with E-state index in [4.69, 9.17) is 0 Å². The average Bonchev–Trinajstić information content (AvgIpc) is 2.69. The van der Waals surface area contributed by atoms with Crippen LogP contribution in [0.25, 0.3) is 10.9 Å². The molecule has 0 saturated carbocycles. The lowest BCUT2D eigenvalue weighted by Crippen LogP contribution is -2.19. The lowest BCUT2D eigenvalue weighted by atomic mass is 10.2. The maximum Gasteiger partial charge on any atom is 0.475 e. The molecule has 1 aromatic heterocycles. The van der Waals surface area contributed by atoms with Gasteiger partial charge in [-0.15, -0.1) is 10.2 Å². The summed E-state index contributed by atoms with van der Waals surface area (Å²) in [6.45, 7) is 0. The SMILES string of the molecule is O=C(N=Nc1c(O)[nH]c2ccc([N+](=O)[O-])cc12)C(F)(F)F. The largest absolute Gasteiger partial charge is 0.493 e. The number of carbonyl (C=O) groups excluding carboxylic acids is 1. The Hall–Kier alpha value is -2.98. The number of nitrogens with zero attached hydrogens (tertiary/aromatic N) is 3. The number of rotatable bonds is 2. The smallest absolute Gasteiger partial charge is 0.475 e. The predicted molar refractivity (Wildman–Crippen MR) is 62.2 cm³/mol. The Morgan fingerprint density at radius 3 is 2.62 bits per heavy atom. The summed E-state index contributed by atoms with van der Waals surface area (Å²) in [5.74, 6) is -3.12. The molecule has 0 aliphatic rings. The molecule has 0 saturated heterocycles. The maximum absolute atomic E-state index is 12.0. The van der Waals surface area contributed by atoms with Crippen LogP contribution in [-0.2, 0) is 4.79 Å². The Labute approximate surface area is 113 Å². The molecule has 2 aromatic rings. The summed E-state index contributed by atoms with van der Waals surface area (Å²) in [4.78, 5) is 22.8. The van der Waals surface area contributed by atoms with Crippen LogP contribution in [0.3, 0.4) is 0 Å². The van der Waals surface area contributed by atoms with Crippen molar-refractivity contribution in [3.05, 3.63) is 28.3 Å². The third kappa shape index (κ3) is 2.80. The first-order valence-electron chi connectivity index (χ1n) is 5.22. The Balaban J connectivity index is 2.50. The van der Waals surface area contributed by atoms with Gasteiger partial charge in [0.25, 0.3) is 5.69 Å². The van der Waals surface area contributed by atoms with Crippen LogP contribution in [0.15, 0.2) is 28.4 Å². The summed E-state index contributed by atoms with van der Waals surface area (Å²) in [5.41, 5.74) is -0.669. The summed E-state index contributed by atoms with van der Waals surface area (Å²) >= 11 is 0. The van der Waals surface area contributed by atoms with Gasteiger partial charge in [-0.3, -0.25) is 14.9 Å². The van der Waals surface area contributed by atoms with Gasteiger partial charge in [-0.1, -0.05) is 0 Å². The van der Waals surface area contributed by atoms with Gasteiger partial charge in [0.15, 0.2) is 5.69 Å². The number of aromatic hydroxyl groups is 1. The molecule has 110 valence electrons. The monoisotopic (exact) mass is 302 g/mol. The van der Waals surface area contributed by atoms with Crippen molar-refractivity contribution in [2.45, 2.75) is 6.18 Å². The fraction of sp³-hybridized carbons (Fsp3) is 0.100. The summed E-state index contributed by atoms with van der Waals surface area (Å²) in [5, 5.41) is 25.5. The van der Waals surface area contributed by atoms with E-state index < -0.39 is 28.6 Å². The number of hydrogen-bond donors (Lipinski definition) is 2. The number of azo groups is 1. The number of aromatic amines is 1. The lowest BCUT2D eigenvalue weighted by molar-refractivity contribution is -0.384. The van der Waals surface area contributed by atoms with Gasteiger partial charge in [0.2, 0.25) is 5.88 Å². The highest BCUT2D eigenvalue weighted by molar-refractivity contribution is 5.96. The number of non-ortho nitro benzene ring substituents is 1. The van der Waals surface area contributed by atoms with Gasteiger partial charge in [0, 0.05) is 17.5 Å². The number of hydrogen-bond acceptors (Lipinski definition) is 5. The molecule has 0 aliphatic carbocycles. The second kappa shape index (κ2) is 4.85. The highest BCUT2D eigenvalue weighted by atomic mass is 19.4. The van der Waals surface area contributed by atoms with Crippen molar-refractivity contribution in [1.29, 1.82) is 0 Å². The van der Waals surface area contributed by atoms with Gasteiger partial charge in [-0.2, -0.15) is 13.2 Å². The molecule has 0 unspecified atom stereocenters. The van der Waals surface area contributed by atoms with Crippen molar-refractivity contribution in [3.63, 3.8) is 0 Å². The highest BCUT2D eigenvalue weighted by Gasteiger charge is 2.39. The number of H-pyrrole nitrogens is 1. The van der Waals surface area contributed by atoms with Crippen LogP contribution in [-0.4, -0.2) is 27.1 Å². The molecule has 1 amide bonds. The number of aromatic nitrogens is 1. The van der Waals surface area contributed by atoms with E-state index >= 15 is 0 Å². The van der Waals surface area contributed by atoms with Crippen molar-refractivity contribution < 1.29 is 28.0 Å². The Kier molecular flexibility index (Phi) is 3.33. The number of benzene rings is 1. The molecule has 1 heterocycles. The first kappa shape index (κ1) is 14.4. The molecule has 2 rings (SSSR count). The van der Waals surface area contributed by atoms with Crippen molar-refractivity contribution in [2.75, 3.05) is 0 Å². The standard InChI is InChI=1S/C10H5F3N4O4/c11-10(12,13)9(19)16-15-7-5-3-4(17(20)21)1-2-6(5)14-8(7)18/h1-3,14,18H. The van der Waals surface area contributed by atoms with Crippen molar-refractivity contribution in [1.82, 2.24) is 4.98 Å². The van der Waals surface area contributed by atoms with Crippen molar-refractivity contribution >= 4 is 28.2 Å². The van der Waals surface area contributed by atoms with Crippen LogP contribution in [0.5, 0.6) is 5.88 Å². The third-order valence-corrected chi connectivity index (χ3v) is 2.43. The van der Waals surface area contributed by atoms with Gasteiger partial charge in [0.05, 0.1) is 10.4 Å². The minimum Gasteiger partial charge on any atom is -0.493 e. The van der Waals surface area contributed by atoms with E-state index in [0.717, 1.165) is 12.1 Å². The van der Waals surface area contributed by atoms with Crippen LogP contribution in [0.4, 0.5) is 24.5 Å². The van der Waals surface area contributed by atoms with Crippen LogP contribution in [0.1, 0.15) is 0 Å². The quantitative estimate of drug-likeness (QED) is 0.503. The van der Waals surface area contributed by atoms with E-state index in [9.17, 15) is 33.2 Å². The van der Waals surface area contributed by atoms with E-state index in [1.165, 1.54) is 6.07 Å². The van der Waals surface area contributed by atoms with E-state index in [-0.39, 0.29) is 16.6 Å². The van der Waals surface area contributed by atoms with Crippen molar-refractivity contribution in [2.24, 2.45) is 10.2 Å². The molecule has 0 fully saturated rings. The van der Waals surface area contributed by atoms with Crippen molar-refractivity contribution in [3.8, 4) is 5.88 Å². The number of alkyl halides is 3. The molecule has 0 radical (unpaired) electrons. The predicted octanol–water partition coefficient (Wildman–Crippen LogP) is 2.95. The molecule has 0 bridgehead atoms. The molecule has 1 aromatic carbocycles. The Morgan fingerprint density at radius 1 is 1.38 bits per heavy atom. The number of nitrogens with one attached hydrogen (secondary N) is 1. The maximum atomic E-state index is 12.0. The summed E-state index contributed by atoms with van der Waals surface area (Å²) in [6.07, 6.45) is -5.20. The normalized spacial score (nSPS) is 12.1. The highest BCUT2D eigenvalue weighted by Crippen LogP contribution is 2.37. The minimum atomic E-state index is -5.20. The minimum absolute atomic E-state index is 0.0413. The topological polar surface area (TPSA) is 121 Å². The van der Waals surface area contributed by atoms with Gasteiger partial charge in [0.1, 0.15) is 0 Å². The van der Waals surface area contributed by atoms with Gasteiger partial charge in [-0.25, -0.2) is 0 Å². The zero-order valence-corrected chi connectivity index (χ0v) is 9.88. The van der Waals surface area contributed by atoms with E-state index in [1.807, 2.05) is 0 Å². The molecule has 0 atom stereocenters. The summed E-state index contributed by atoms with van der Waals surface area (Å²) in [6, 6.07) is 3.34. The van der Waals surface area contributed by atoms with Crippen LogP contribution in [0.2, 0.25) is 0 Å². The first-order chi connectivity index (χ1) is 9.70. The molecular weight excluding hydrogens is 297 g/mol. The average molecular weight is 302 g/mol. The number of fused-ring (bicyclic) bond motifs is 1. The van der Waals surface area contributed by atoms with Gasteiger partial charge >= 0.3 is 12.1 Å². The first-order valence-corrected chi connectivity index (χ1v) is 5.22. The summed E-state index contributed by atoms with van der Waals surface area (Å²) in [7, 11) is 0.